The fraction of sp³-hybridized carbons (Fsp3) is 0.380. The SMILES string of the molecule is C=CCOC(=O)Nc1ccc(CNC(=O)c2cc(CC(=O)c3nc(NC(=O)CCCOc4cc5c(cc4C)C(=O)N4CC(=C)C[C@@]4(N)C(OC4CCCCO4)N5C(=O)OCC=C)cn3C)cn2C)cc1. The zero-order chi connectivity index (χ0) is 50.1. The normalized spacial score (nSPS) is 18.5. The van der Waals surface area contributed by atoms with Crippen molar-refractivity contribution in [3.05, 3.63) is 126 Å². The molecule has 3 aliphatic heterocycles. The van der Waals surface area contributed by atoms with Gasteiger partial charge in [0.1, 0.15) is 30.3 Å². The van der Waals surface area contributed by atoms with Crippen LogP contribution in [0.3, 0.4) is 0 Å². The van der Waals surface area contributed by atoms with E-state index in [0.29, 0.717) is 46.9 Å². The minimum Gasteiger partial charge on any atom is -0.493 e. The third kappa shape index (κ3) is 11.6. The third-order valence-electron chi connectivity index (χ3n) is 11.9. The number of Topliss-reactive ketones (excluding diaryl/α,β-unsaturated/α-hetero) is 1. The van der Waals surface area contributed by atoms with Gasteiger partial charge in [-0.25, -0.2) is 19.5 Å². The van der Waals surface area contributed by atoms with Crippen LogP contribution in [0.15, 0.2) is 92.3 Å². The Morgan fingerprint density at radius 2 is 1.73 bits per heavy atom. The highest BCUT2D eigenvalue weighted by atomic mass is 16.7. The number of amides is 5. The number of nitrogens with zero attached hydrogens (tertiary/aromatic N) is 5. The van der Waals surface area contributed by atoms with Gasteiger partial charge in [0.2, 0.25) is 11.7 Å². The van der Waals surface area contributed by atoms with Crippen molar-refractivity contribution in [2.45, 2.75) is 76.6 Å². The van der Waals surface area contributed by atoms with Gasteiger partial charge in [0.15, 0.2) is 24.2 Å². The molecule has 70 heavy (non-hydrogen) atoms. The van der Waals surface area contributed by atoms with Gasteiger partial charge in [-0.15, -0.1) is 0 Å². The predicted octanol–water partition coefficient (Wildman–Crippen LogP) is 6.02. The lowest BCUT2D eigenvalue weighted by atomic mass is 10.0. The Labute approximate surface area is 405 Å². The fourth-order valence-corrected chi connectivity index (χ4v) is 8.53. The van der Waals surface area contributed by atoms with E-state index in [1.807, 2.05) is 0 Å². The van der Waals surface area contributed by atoms with Crippen LogP contribution < -0.4 is 31.3 Å². The smallest absolute Gasteiger partial charge is 0.416 e. The summed E-state index contributed by atoms with van der Waals surface area (Å²) in [5, 5.41) is 8.22. The second-order valence-electron chi connectivity index (χ2n) is 17.4. The number of ether oxygens (including phenoxy) is 5. The van der Waals surface area contributed by atoms with E-state index in [2.05, 4.69) is 40.7 Å². The van der Waals surface area contributed by atoms with Crippen LogP contribution in [0.5, 0.6) is 5.75 Å². The average Bonchev–Trinajstić information content (AvgIpc) is 3.99. The first kappa shape index (κ1) is 50.3. The Hall–Kier alpha value is -7.55. The number of anilines is 3. The molecule has 20 heteroatoms. The Balaban J connectivity index is 0.942. The topological polar surface area (TPSA) is 240 Å². The summed E-state index contributed by atoms with van der Waals surface area (Å²) in [4.78, 5) is 86.9. The van der Waals surface area contributed by atoms with Gasteiger partial charge in [0, 0.05) is 77.2 Å². The molecule has 3 atom stereocenters. The van der Waals surface area contributed by atoms with Crippen molar-refractivity contribution in [3.8, 4) is 5.75 Å². The highest BCUT2D eigenvalue weighted by Gasteiger charge is 2.57. The van der Waals surface area contributed by atoms with Crippen LogP contribution in [-0.4, -0.2) is 106 Å². The highest BCUT2D eigenvalue weighted by molar-refractivity contribution is 6.06. The van der Waals surface area contributed by atoms with Gasteiger partial charge in [0.05, 0.1) is 17.9 Å². The lowest BCUT2D eigenvalue weighted by molar-refractivity contribution is -0.207. The van der Waals surface area contributed by atoms with Crippen LogP contribution in [0.1, 0.15) is 86.7 Å². The Kier molecular flexibility index (Phi) is 16.0. The molecular weight excluding hydrogens is 903 g/mol. The number of carbonyl (C=O) groups excluding carboxylic acids is 6. The van der Waals surface area contributed by atoms with Crippen LogP contribution in [0, 0.1) is 6.92 Å². The minimum absolute atomic E-state index is 0.0401. The second kappa shape index (κ2) is 22.3. The number of aryl methyl sites for hydroxylation is 3. The molecule has 0 saturated carbocycles. The Bertz CT molecular complexity index is 2670. The molecule has 3 aliphatic rings. The maximum Gasteiger partial charge on any atom is 0.416 e. The van der Waals surface area contributed by atoms with E-state index >= 15 is 0 Å². The molecular formula is C50H59N9O11. The first-order valence-electron chi connectivity index (χ1n) is 22.9. The maximum absolute atomic E-state index is 14.3. The van der Waals surface area contributed by atoms with E-state index < -0.39 is 36.3 Å². The maximum atomic E-state index is 14.3. The largest absolute Gasteiger partial charge is 0.493 e. The molecule has 2 saturated heterocycles. The van der Waals surface area contributed by atoms with E-state index in [0.717, 1.165) is 18.4 Å². The van der Waals surface area contributed by atoms with Crippen molar-refractivity contribution < 1.29 is 52.5 Å². The number of hydrogen-bond acceptors (Lipinski definition) is 13. The van der Waals surface area contributed by atoms with E-state index in [1.165, 1.54) is 32.7 Å². The first-order chi connectivity index (χ1) is 33.6. The number of aromatic nitrogens is 3. The van der Waals surface area contributed by atoms with E-state index in [9.17, 15) is 28.8 Å². The molecule has 0 spiro atoms. The molecule has 0 radical (unpaired) electrons. The molecule has 2 aromatic carbocycles. The molecule has 2 fully saturated rings. The van der Waals surface area contributed by atoms with Crippen LogP contribution in [-0.2, 0) is 50.8 Å². The number of carbonyl (C=O) groups is 6. The third-order valence-corrected chi connectivity index (χ3v) is 11.9. The molecule has 0 bridgehead atoms. The summed E-state index contributed by atoms with van der Waals surface area (Å²) in [5.41, 5.74) is 9.55. The number of nitrogens with one attached hydrogen (secondary N) is 3. The van der Waals surface area contributed by atoms with Gasteiger partial charge >= 0.3 is 12.2 Å². The van der Waals surface area contributed by atoms with Gasteiger partial charge in [-0.1, -0.05) is 49.6 Å². The predicted molar refractivity (Wildman–Crippen MR) is 258 cm³/mol. The molecule has 5 N–H and O–H groups in total. The highest BCUT2D eigenvalue weighted by Crippen LogP contribution is 2.44. The van der Waals surface area contributed by atoms with Crippen molar-refractivity contribution >= 4 is 52.9 Å². The number of ketones is 1. The summed E-state index contributed by atoms with van der Waals surface area (Å²) in [7, 11) is 3.35. The van der Waals surface area contributed by atoms with Gasteiger partial charge in [-0.2, -0.15) is 0 Å². The summed E-state index contributed by atoms with van der Waals surface area (Å²) in [6.07, 6.45) is 5.53. The lowest BCUT2D eigenvalue weighted by Gasteiger charge is -2.44. The Morgan fingerprint density at radius 1 is 0.971 bits per heavy atom. The standard InChI is InChI=1S/C50H59N9O11/c1-7-18-68-48(64)53-35-16-14-33(15-17-35)27-52-45(62)38-23-34(29-56(38)5)24-39(60)44-55-41(30-57(44)6)54-42(61)12-11-21-66-40-25-37-36(22-32(40)4)46(63)58-28-31(3)26-50(58,51)47(59(37)49(65)69-19-8-2)70-43-13-9-10-20-67-43/h7-8,14-17,22-23,25,29-30,43,47H,1-3,9-13,18-21,24,26-28,51H2,4-6H3,(H,52,62)(H,53,64)(H,54,61)/t43?,47?,50-/m0/s1. The zero-order valence-corrected chi connectivity index (χ0v) is 39.6. The van der Waals surface area contributed by atoms with Crippen molar-refractivity contribution in [1.29, 1.82) is 0 Å². The van der Waals surface area contributed by atoms with Gasteiger partial charge in [0.25, 0.3) is 11.8 Å². The molecule has 5 amide bonds. The number of nitrogens with two attached hydrogens (primary N) is 1. The first-order valence-corrected chi connectivity index (χ1v) is 22.9. The van der Waals surface area contributed by atoms with Crippen LogP contribution in [0.4, 0.5) is 26.8 Å². The minimum atomic E-state index is -1.50. The van der Waals surface area contributed by atoms with E-state index in [4.69, 9.17) is 29.4 Å². The molecule has 2 aromatic heterocycles. The number of rotatable bonds is 19. The summed E-state index contributed by atoms with van der Waals surface area (Å²) >= 11 is 0. The Morgan fingerprint density at radius 3 is 2.46 bits per heavy atom. The van der Waals surface area contributed by atoms with Crippen LogP contribution in [0.25, 0.3) is 0 Å². The fourth-order valence-electron chi connectivity index (χ4n) is 8.53. The van der Waals surface area contributed by atoms with Gasteiger partial charge in [-0.3, -0.25) is 24.5 Å². The van der Waals surface area contributed by atoms with E-state index in [-0.39, 0.29) is 99.1 Å². The molecule has 0 aliphatic carbocycles. The molecule has 2 unspecified atom stereocenters. The molecule has 20 nitrogen and oxygen atoms in total. The van der Waals surface area contributed by atoms with Crippen molar-refractivity contribution in [2.24, 2.45) is 19.8 Å². The van der Waals surface area contributed by atoms with Gasteiger partial charge in [-0.05, 0) is 73.6 Å². The number of benzene rings is 2. The molecule has 5 heterocycles. The van der Waals surface area contributed by atoms with Crippen LogP contribution in [0.2, 0.25) is 0 Å². The molecule has 370 valence electrons. The zero-order valence-electron chi connectivity index (χ0n) is 39.6. The quantitative estimate of drug-likeness (QED) is 0.0478. The van der Waals surface area contributed by atoms with Crippen molar-refractivity contribution in [2.75, 3.05) is 48.5 Å². The van der Waals surface area contributed by atoms with Crippen molar-refractivity contribution in [1.82, 2.24) is 24.3 Å². The average molecular weight is 962 g/mol. The van der Waals surface area contributed by atoms with Gasteiger partial charge < -0.3 is 54.1 Å². The van der Waals surface area contributed by atoms with E-state index in [1.54, 1.807) is 74.2 Å². The summed E-state index contributed by atoms with van der Waals surface area (Å²) < 4.78 is 32.3. The molecule has 7 rings (SSSR count). The number of fused-ring (bicyclic) bond motifs is 2. The second-order valence-corrected chi connectivity index (χ2v) is 17.4. The lowest BCUT2D eigenvalue weighted by Crippen LogP contribution is -2.67. The summed E-state index contributed by atoms with van der Waals surface area (Å²) in [6.45, 7) is 14.0. The van der Waals surface area contributed by atoms with Crippen LogP contribution >= 0.6 is 0 Å². The summed E-state index contributed by atoms with van der Waals surface area (Å²) in [5.74, 6) is -0.780. The number of imidazole rings is 1. The number of hydrogen-bond donors (Lipinski definition) is 4. The van der Waals surface area contributed by atoms with Crippen molar-refractivity contribution in [3.63, 3.8) is 0 Å². The monoisotopic (exact) mass is 961 g/mol. The summed E-state index contributed by atoms with van der Waals surface area (Å²) in [6, 6.07) is 11.8. The molecule has 4 aromatic rings.